The first-order valence-electron chi connectivity index (χ1n) is 2.85. The Bertz CT molecular complexity index is 270. The molecule has 0 aromatic carbocycles. The van der Waals surface area contributed by atoms with Crippen LogP contribution < -0.4 is 0 Å². The summed E-state index contributed by atoms with van der Waals surface area (Å²) in [7, 11) is -4.36. The molecule has 0 rings (SSSR count). The number of aliphatic hydroxyl groups excluding tert-OH is 2. The summed E-state index contributed by atoms with van der Waals surface area (Å²) in [6, 6.07) is 0. The van der Waals surface area contributed by atoms with Gasteiger partial charge in [0.05, 0.1) is 11.9 Å². The van der Waals surface area contributed by atoms with Crippen LogP contribution in [0.25, 0.3) is 0 Å². The van der Waals surface area contributed by atoms with Gasteiger partial charge in [-0.2, -0.15) is 8.42 Å². The third-order valence-corrected chi connectivity index (χ3v) is 1.07. The van der Waals surface area contributed by atoms with E-state index in [0.717, 1.165) is 0 Å². The van der Waals surface area contributed by atoms with Crippen molar-refractivity contribution in [3.8, 4) is 11.4 Å². The van der Waals surface area contributed by atoms with E-state index in [-0.39, 0.29) is 6.61 Å². The normalized spacial score (nSPS) is 12.9. The van der Waals surface area contributed by atoms with E-state index in [4.69, 9.17) is 14.8 Å². The van der Waals surface area contributed by atoms with Gasteiger partial charge in [-0.05, 0) is 0 Å². The molecule has 12 heavy (non-hydrogen) atoms. The maximum Gasteiger partial charge on any atom is 0.338 e. The fourth-order valence-corrected chi connectivity index (χ4v) is 0.437. The highest BCUT2D eigenvalue weighted by Crippen LogP contribution is 1.82. The van der Waals surface area contributed by atoms with Gasteiger partial charge in [0.1, 0.15) is 18.8 Å². The van der Waals surface area contributed by atoms with Crippen molar-refractivity contribution < 1.29 is 27.9 Å². The lowest BCUT2D eigenvalue weighted by atomic mass is 10.4. The van der Waals surface area contributed by atoms with E-state index in [1.165, 1.54) is 5.25 Å². The van der Waals surface area contributed by atoms with Gasteiger partial charge in [0.15, 0.2) is 0 Å². The molecule has 0 saturated carbocycles. The van der Waals surface area contributed by atoms with E-state index in [1.807, 2.05) is 0 Å². The first kappa shape index (κ1) is 11.2. The number of hydrogen-bond donors (Lipinski definition) is 3. The van der Waals surface area contributed by atoms with Gasteiger partial charge < -0.3 is 14.9 Å². The number of rotatable bonds is 3. The van der Waals surface area contributed by atoms with Gasteiger partial charge in [0.2, 0.25) is 0 Å². The van der Waals surface area contributed by atoms with E-state index in [0.29, 0.717) is 0 Å². The molecule has 7 heteroatoms. The summed E-state index contributed by atoms with van der Waals surface area (Å²) in [5.74, 6) is 0. The van der Waals surface area contributed by atoms with E-state index >= 15 is 0 Å². The lowest BCUT2D eigenvalue weighted by molar-refractivity contribution is 0.0443. The average molecular weight is 196 g/mol. The molecule has 0 aromatic heterocycles. The van der Waals surface area contributed by atoms with E-state index in [9.17, 15) is 8.42 Å². The second kappa shape index (κ2) is 4.95. The van der Waals surface area contributed by atoms with Crippen molar-refractivity contribution in [1.82, 2.24) is 0 Å². The molecular weight excluding hydrogens is 188 g/mol. The van der Waals surface area contributed by atoms with Crippen LogP contribution in [0.3, 0.4) is 0 Å². The number of hydrogen-bond acceptors (Lipinski definition) is 5. The minimum Gasteiger partial charge on any atom is -0.443 e. The monoisotopic (exact) mass is 196 g/mol. The Hall–Kier alpha value is -0.810. The van der Waals surface area contributed by atoms with Gasteiger partial charge in [0.25, 0.3) is 0 Å². The van der Waals surface area contributed by atoms with Crippen molar-refractivity contribution in [1.29, 1.82) is 0 Å². The molecule has 0 bridgehead atoms. The van der Waals surface area contributed by atoms with Gasteiger partial charge in [0, 0.05) is 0 Å². The van der Waals surface area contributed by atoms with Gasteiger partial charge >= 0.3 is 10.1 Å². The van der Waals surface area contributed by atoms with Crippen molar-refractivity contribution in [3.63, 3.8) is 0 Å². The maximum atomic E-state index is 9.94. The number of ether oxygens (including phenoxy) is 1. The minimum atomic E-state index is -4.36. The smallest absolute Gasteiger partial charge is 0.338 e. The highest BCUT2D eigenvalue weighted by molar-refractivity contribution is 7.90. The molecule has 0 amide bonds. The molecule has 0 fully saturated rings. The predicted molar refractivity (Wildman–Crippen MR) is 38.4 cm³/mol. The average Bonchev–Trinajstić information content (AvgIpc) is 1.96. The summed E-state index contributed by atoms with van der Waals surface area (Å²) in [4.78, 5) is 0. The Morgan fingerprint density at radius 3 is 2.50 bits per heavy atom. The van der Waals surface area contributed by atoms with Crippen LogP contribution in [0.1, 0.15) is 0 Å². The van der Waals surface area contributed by atoms with Crippen LogP contribution in [0.15, 0.2) is 0 Å². The molecule has 1 unspecified atom stereocenters. The molecule has 0 aromatic rings. The van der Waals surface area contributed by atoms with Crippen molar-refractivity contribution in [2.24, 2.45) is 0 Å². The molecule has 0 heterocycles. The first-order chi connectivity index (χ1) is 5.45. The summed E-state index contributed by atoms with van der Waals surface area (Å²) in [5.41, 5.74) is 0. The van der Waals surface area contributed by atoms with Crippen molar-refractivity contribution in [3.05, 3.63) is 0 Å². The summed E-state index contributed by atoms with van der Waals surface area (Å²) < 4.78 is 32.2. The molecule has 0 spiro atoms. The third-order valence-electron chi connectivity index (χ3n) is 0.729. The van der Waals surface area contributed by atoms with Gasteiger partial charge in [-0.1, -0.05) is 0 Å². The number of aliphatic hydroxyl groups is 2. The Balaban J connectivity index is 3.75. The van der Waals surface area contributed by atoms with Crippen LogP contribution in [0, 0.1) is 11.4 Å². The summed E-state index contributed by atoms with van der Waals surface area (Å²) in [6.07, 6.45) is 0.521. The molecule has 3 N–H and O–H groups in total. The molecule has 70 valence electrons. The lowest BCUT2D eigenvalue weighted by Crippen LogP contribution is -2.17. The quantitative estimate of drug-likeness (QED) is 0.362. The minimum absolute atomic E-state index is 0.320. The first-order valence-corrected chi connectivity index (χ1v) is 4.29. The SMILES string of the molecule is O=S(=O)(O)C#COCC(O)CO. The molecule has 0 aliphatic heterocycles. The van der Waals surface area contributed by atoms with Crippen molar-refractivity contribution in [2.75, 3.05) is 13.2 Å². The molecule has 0 saturated heterocycles. The zero-order valence-electron chi connectivity index (χ0n) is 5.97. The zero-order chi connectivity index (χ0) is 9.61. The van der Waals surface area contributed by atoms with E-state index in [2.05, 4.69) is 4.74 Å². The fraction of sp³-hybridized carbons (Fsp3) is 0.600. The second-order valence-electron chi connectivity index (χ2n) is 1.83. The third kappa shape index (κ3) is 7.30. The Kier molecular flexibility index (Phi) is 4.61. The van der Waals surface area contributed by atoms with E-state index in [1.54, 1.807) is 6.11 Å². The Morgan fingerprint density at radius 1 is 1.50 bits per heavy atom. The molecule has 1 atom stereocenters. The fourth-order valence-electron chi connectivity index (χ4n) is 0.273. The van der Waals surface area contributed by atoms with Crippen molar-refractivity contribution >= 4 is 10.1 Å². The molecule has 6 nitrogen and oxygen atoms in total. The van der Waals surface area contributed by atoms with Crippen LogP contribution in [-0.2, 0) is 14.9 Å². The van der Waals surface area contributed by atoms with Crippen molar-refractivity contribution in [2.45, 2.75) is 6.10 Å². The zero-order valence-corrected chi connectivity index (χ0v) is 6.78. The van der Waals surface area contributed by atoms with Crippen LogP contribution in [0.2, 0.25) is 0 Å². The predicted octanol–water partition coefficient (Wildman–Crippen LogP) is -1.84. The highest BCUT2D eigenvalue weighted by atomic mass is 32.2. The van der Waals surface area contributed by atoms with Crippen LogP contribution in [0.5, 0.6) is 0 Å². The molecular formula is C5H8O6S. The van der Waals surface area contributed by atoms with Crippen LogP contribution in [0.4, 0.5) is 0 Å². The van der Waals surface area contributed by atoms with Crippen LogP contribution >= 0.6 is 0 Å². The van der Waals surface area contributed by atoms with Crippen LogP contribution in [-0.4, -0.2) is 42.5 Å². The maximum absolute atomic E-state index is 9.94. The Morgan fingerprint density at radius 2 is 2.08 bits per heavy atom. The van der Waals surface area contributed by atoms with E-state index < -0.39 is 22.8 Å². The largest absolute Gasteiger partial charge is 0.443 e. The highest BCUT2D eigenvalue weighted by Gasteiger charge is 2.00. The Labute approximate surface area is 69.5 Å². The van der Waals surface area contributed by atoms with Gasteiger partial charge in [-0.15, -0.1) is 0 Å². The summed E-state index contributed by atoms with van der Waals surface area (Å²) in [5, 5.41) is 18.2. The van der Waals surface area contributed by atoms with Gasteiger partial charge in [-0.25, -0.2) is 0 Å². The van der Waals surface area contributed by atoms with Gasteiger partial charge in [-0.3, -0.25) is 4.55 Å². The second-order valence-corrected chi connectivity index (χ2v) is 2.98. The standard InChI is InChI=1S/C5H8O6S/c6-3-5(7)4-11-1-2-12(8,9)10/h5-7H,3-4H2,(H,8,9,10). The lowest BCUT2D eigenvalue weighted by Gasteiger charge is -2.02. The molecule has 0 aliphatic carbocycles. The molecule has 0 aliphatic rings. The topological polar surface area (TPSA) is 104 Å². The summed E-state index contributed by atoms with van der Waals surface area (Å²) >= 11 is 0. The molecule has 0 radical (unpaired) electrons. The summed E-state index contributed by atoms with van der Waals surface area (Å²) in [6.45, 7) is -0.827.